The van der Waals surface area contributed by atoms with Crippen molar-refractivity contribution in [2.24, 2.45) is 0 Å². The first-order valence-corrected chi connectivity index (χ1v) is 18.4. The molecule has 46 heavy (non-hydrogen) atoms. The summed E-state index contributed by atoms with van der Waals surface area (Å²) in [6.07, 6.45) is 5.59. The Kier molecular flexibility index (Phi) is 9.41. The number of nitrogens with zero attached hydrogens (tertiary/aromatic N) is 5. The van der Waals surface area contributed by atoms with E-state index in [1.807, 2.05) is 53.4 Å². The third kappa shape index (κ3) is 7.02. The molecule has 0 fully saturated rings. The average Bonchev–Trinajstić information content (AvgIpc) is 3.66. The van der Waals surface area contributed by atoms with Crippen LogP contribution in [0.1, 0.15) is 52.5 Å². The molecule has 5 aromatic rings. The zero-order valence-electron chi connectivity index (χ0n) is 28.2. The molecular formula is C34H44N6O5Si. The minimum atomic E-state index is -2.15. The van der Waals surface area contributed by atoms with Gasteiger partial charge < -0.3 is 23.7 Å². The van der Waals surface area contributed by atoms with Crippen LogP contribution in [0.3, 0.4) is 0 Å². The van der Waals surface area contributed by atoms with Crippen molar-refractivity contribution < 1.29 is 23.5 Å². The van der Waals surface area contributed by atoms with E-state index in [-0.39, 0.29) is 17.6 Å². The van der Waals surface area contributed by atoms with E-state index >= 15 is 0 Å². The fourth-order valence-electron chi connectivity index (χ4n) is 4.76. The second-order valence-corrected chi connectivity index (χ2v) is 17.9. The maximum absolute atomic E-state index is 12.5. The van der Waals surface area contributed by atoms with Crippen molar-refractivity contribution in [2.75, 3.05) is 27.4 Å². The van der Waals surface area contributed by atoms with Gasteiger partial charge in [-0.25, -0.2) is 24.3 Å². The van der Waals surface area contributed by atoms with Gasteiger partial charge in [-0.05, 0) is 54.4 Å². The molecule has 0 spiro atoms. The number of amides is 1. The van der Waals surface area contributed by atoms with Crippen molar-refractivity contribution in [3.8, 4) is 34.0 Å². The van der Waals surface area contributed by atoms with E-state index in [1.54, 1.807) is 14.2 Å². The Bertz CT molecular complexity index is 1840. The van der Waals surface area contributed by atoms with Crippen molar-refractivity contribution in [2.45, 2.75) is 65.1 Å². The molecule has 4 heterocycles. The average molecular weight is 645 g/mol. The lowest BCUT2D eigenvalue weighted by Crippen LogP contribution is -2.47. The normalized spacial score (nSPS) is 12.2. The molecule has 0 atom stereocenters. The van der Waals surface area contributed by atoms with Gasteiger partial charge in [0.25, 0.3) is 0 Å². The first kappa shape index (κ1) is 33.0. The van der Waals surface area contributed by atoms with Gasteiger partial charge in [0.2, 0.25) is 8.32 Å². The number of rotatable bonds is 11. The Morgan fingerprint density at radius 3 is 2.52 bits per heavy atom. The van der Waals surface area contributed by atoms with Crippen molar-refractivity contribution in [1.82, 2.24) is 29.6 Å². The highest BCUT2D eigenvalue weighted by atomic mass is 28.4. The maximum Gasteiger partial charge on any atom is 0.432 e. The van der Waals surface area contributed by atoms with Crippen LogP contribution >= 0.6 is 0 Å². The highest BCUT2D eigenvalue weighted by Crippen LogP contribution is 2.37. The summed E-state index contributed by atoms with van der Waals surface area (Å²) in [5, 5.41) is 6.90. The van der Waals surface area contributed by atoms with E-state index in [1.165, 1.54) is 5.06 Å². The number of hydroxylamine groups is 2. The fourth-order valence-corrected chi connectivity index (χ4v) is 5.79. The molecule has 0 radical (unpaired) electrons. The van der Waals surface area contributed by atoms with Gasteiger partial charge in [0.05, 0.1) is 37.9 Å². The van der Waals surface area contributed by atoms with Crippen molar-refractivity contribution >= 4 is 31.1 Å². The van der Waals surface area contributed by atoms with Gasteiger partial charge in [0, 0.05) is 54.0 Å². The molecule has 0 aliphatic carbocycles. The fraction of sp³-hybridized carbons (Fsp3) is 0.412. The van der Waals surface area contributed by atoms with Crippen LogP contribution in [-0.4, -0.2) is 71.4 Å². The third-order valence-corrected chi connectivity index (χ3v) is 12.8. The van der Waals surface area contributed by atoms with Gasteiger partial charge >= 0.3 is 6.09 Å². The first-order chi connectivity index (χ1) is 21.8. The van der Waals surface area contributed by atoms with Crippen LogP contribution < -0.4 is 9.47 Å². The Balaban J connectivity index is 1.34. The minimum Gasteiger partial charge on any atom is -0.497 e. The Morgan fingerprint density at radius 2 is 1.80 bits per heavy atom. The lowest BCUT2D eigenvalue weighted by Gasteiger charge is -2.37. The van der Waals surface area contributed by atoms with E-state index in [2.05, 4.69) is 63.7 Å². The Hall–Kier alpha value is -4.42. The number of carbonyl (C=O) groups is 1. The van der Waals surface area contributed by atoms with Crippen LogP contribution in [-0.2, 0) is 9.26 Å². The van der Waals surface area contributed by atoms with Gasteiger partial charge in [0.15, 0.2) is 5.65 Å². The number of fused-ring (bicyclic) bond motifs is 2. The van der Waals surface area contributed by atoms with Crippen molar-refractivity contribution in [3.63, 3.8) is 0 Å². The second-order valence-electron chi connectivity index (χ2n) is 13.2. The molecule has 0 saturated heterocycles. The summed E-state index contributed by atoms with van der Waals surface area (Å²) in [7, 11) is 1.07. The number of H-pyrrole nitrogens is 1. The highest BCUT2D eigenvalue weighted by molar-refractivity contribution is 6.74. The number of hydrogen-bond acceptors (Lipinski definition) is 8. The molecule has 1 N–H and O–H groups in total. The number of methoxy groups -OCH3 is 1. The molecule has 1 aromatic carbocycles. The van der Waals surface area contributed by atoms with Gasteiger partial charge in [-0.2, -0.15) is 5.10 Å². The second kappa shape index (κ2) is 13.1. The monoisotopic (exact) mass is 644 g/mol. The number of hydrogen-bond donors (Lipinski definition) is 1. The molecule has 0 bridgehead atoms. The zero-order chi connectivity index (χ0) is 33.2. The van der Waals surface area contributed by atoms with Crippen LogP contribution in [0.4, 0.5) is 4.79 Å². The number of nitrogens with one attached hydrogen (secondary N) is 1. The molecule has 0 aliphatic rings. The van der Waals surface area contributed by atoms with E-state index in [9.17, 15) is 4.79 Å². The number of pyridine rings is 1. The molecular weight excluding hydrogens is 600 g/mol. The molecule has 1 amide bonds. The summed E-state index contributed by atoms with van der Waals surface area (Å²) in [6.45, 7) is 15.3. The smallest absolute Gasteiger partial charge is 0.432 e. The van der Waals surface area contributed by atoms with Crippen LogP contribution in [0.25, 0.3) is 39.2 Å². The van der Waals surface area contributed by atoms with Crippen molar-refractivity contribution in [1.29, 1.82) is 0 Å². The SMILES string of the molecule is COc1cc(OCCCOC(=O)N(C)O[Si](C)(C)C(C)(C)C)cc(-c2cc(-c3cnc4[nH]ccc4c3)n3ncc(C(C)C)c3n2)c1. The summed E-state index contributed by atoms with van der Waals surface area (Å²) in [5.74, 6) is 1.49. The Labute approximate surface area is 270 Å². The molecule has 0 aliphatic heterocycles. The zero-order valence-corrected chi connectivity index (χ0v) is 29.2. The van der Waals surface area contributed by atoms with Crippen LogP contribution in [0.2, 0.25) is 18.1 Å². The molecule has 11 nitrogen and oxygen atoms in total. The van der Waals surface area contributed by atoms with Gasteiger partial charge in [0.1, 0.15) is 17.1 Å². The maximum atomic E-state index is 12.5. The van der Waals surface area contributed by atoms with E-state index in [4.69, 9.17) is 28.8 Å². The summed E-state index contributed by atoms with van der Waals surface area (Å²) in [6, 6.07) is 11.8. The van der Waals surface area contributed by atoms with Crippen LogP contribution in [0.15, 0.2) is 55.0 Å². The van der Waals surface area contributed by atoms with E-state index < -0.39 is 14.4 Å². The highest BCUT2D eigenvalue weighted by Gasteiger charge is 2.40. The lowest BCUT2D eigenvalue weighted by atomic mass is 10.1. The molecule has 0 unspecified atom stereocenters. The molecule has 4 aromatic heterocycles. The summed E-state index contributed by atoms with van der Waals surface area (Å²) < 4.78 is 25.0. The first-order valence-electron chi connectivity index (χ1n) is 15.5. The summed E-state index contributed by atoms with van der Waals surface area (Å²) in [5.41, 5.74) is 6.04. The molecule has 12 heteroatoms. The van der Waals surface area contributed by atoms with E-state index in [0.29, 0.717) is 24.5 Å². The minimum absolute atomic E-state index is 0.0302. The molecule has 5 rings (SSSR count). The number of aromatic nitrogens is 5. The number of carbonyl (C=O) groups excluding carboxylic acids is 1. The number of aromatic amines is 1. The lowest BCUT2D eigenvalue weighted by molar-refractivity contribution is -0.0404. The van der Waals surface area contributed by atoms with Gasteiger partial charge in [-0.1, -0.05) is 34.6 Å². The van der Waals surface area contributed by atoms with Gasteiger partial charge in [-0.3, -0.25) is 0 Å². The number of benzene rings is 1. The van der Waals surface area contributed by atoms with Crippen LogP contribution in [0, 0.1) is 0 Å². The van der Waals surface area contributed by atoms with Crippen LogP contribution in [0.5, 0.6) is 11.5 Å². The summed E-state index contributed by atoms with van der Waals surface area (Å²) >= 11 is 0. The predicted octanol–water partition coefficient (Wildman–Crippen LogP) is 7.85. The van der Waals surface area contributed by atoms with E-state index in [0.717, 1.165) is 44.8 Å². The predicted molar refractivity (Wildman–Crippen MR) is 182 cm³/mol. The largest absolute Gasteiger partial charge is 0.497 e. The molecule has 244 valence electrons. The Morgan fingerprint density at radius 1 is 1.04 bits per heavy atom. The topological polar surface area (TPSA) is 116 Å². The number of ether oxygens (including phenoxy) is 3. The third-order valence-electron chi connectivity index (χ3n) is 8.44. The standard InChI is InChI=1S/C34H44N6O5Si/c1-22(2)28-21-37-40-30(25-15-23-11-12-35-31(23)36-20-25)19-29(38-32(28)40)24-16-26(42-7)18-27(17-24)43-13-10-14-44-33(41)39(6)45-46(8,9)34(3,4)5/h11-12,15-22H,10,13-14H2,1-9H3,(H,35,36). The van der Waals surface area contributed by atoms with Gasteiger partial charge in [-0.15, -0.1) is 0 Å². The quantitative estimate of drug-likeness (QED) is 0.0878. The summed E-state index contributed by atoms with van der Waals surface area (Å²) in [4.78, 5) is 25.3. The molecule has 0 saturated carbocycles. The van der Waals surface area contributed by atoms with Crippen molar-refractivity contribution in [3.05, 3.63) is 60.6 Å².